The molecule has 0 radical (unpaired) electrons. The van der Waals surface area contributed by atoms with Gasteiger partial charge in [0, 0.05) is 19.6 Å². The molecule has 0 bridgehead atoms. The van der Waals surface area contributed by atoms with E-state index in [0.29, 0.717) is 41.0 Å². The summed E-state index contributed by atoms with van der Waals surface area (Å²) in [4.78, 5) is 35.8. The van der Waals surface area contributed by atoms with Gasteiger partial charge in [0.25, 0.3) is 5.56 Å². The van der Waals surface area contributed by atoms with E-state index in [0.717, 1.165) is 13.1 Å². The molecule has 23 heavy (non-hydrogen) atoms. The number of carbonyl (C=O) groups is 1. The summed E-state index contributed by atoms with van der Waals surface area (Å²) in [7, 11) is 0. The maximum Gasteiger partial charge on any atom is 0.320 e. The number of aromatic amines is 1. The van der Waals surface area contributed by atoms with Crippen LogP contribution in [0.1, 0.15) is 25.6 Å². The molecule has 2 aliphatic rings. The van der Waals surface area contributed by atoms with E-state index in [4.69, 9.17) is 0 Å². The van der Waals surface area contributed by atoms with E-state index in [1.54, 1.807) is 4.90 Å². The van der Waals surface area contributed by atoms with Gasteiger partial charge in [-0.15, -0.1) is 11.3 Å². The van der Waals surface area contributed by atoms with Crippen LogP contribution in [0.4, 0.5) is 4.79 Å². The van der Waals surface area contributed by atoms with Gasteiger partial charge in [-0.25, -0.2) is 9.78 Å². The van der Waals surface area contributed by atoms with E-state index < -0.39 is 0 Å². The van der Waals surface area contributed by atoms with Crippen LogP contribution in [-0.2, 0) is 6.54 Å². The summed E-state index contributed by atoms with van der Waals surface area (Å²) < 4.78 is 0.638. The molecule has 2 aromatic rings. The molecule has 4 rings (SSSR count). The van der Waals surface area contributed by atoms with Gasteiger partial charge in [0.2, 0.25) is 0 Å². The Morgan fingerprint density at radius 2 is 2.17 bits per heavy atom. The summed E-state index contributed by atoms with van der Waals surface area (Å²) in [6, 6.07) is 1.91. The number of nitrogens with zero attached hydrogens (tertiary/aromatic N) is 3. The molecule has 0 spiro atoms. The first-order chi connectivity index (χ1) is 11.2. The number of fused-ring (bicyclic) bond motifs is 2. The SMILES string of the molecule is CCN(Cc1nc2ccsc2c(=O)[nH]1)C(=O)N1C[C@H]2CC[C@H]2C1. The van der Waals surface area contributed by atoms with Crippen LogP contribution in [0.25, 0.3) is 10.2 Å². The van der Waals surface area contributed by atoms with Crippen LogP contribution in [0.15, 0.2) is 16.2 Å². The first kappa shape index (κ1) is 14.7. The van der Waals surface area contributed by atoms with Crippen LogP contribution in [0.2, 0.25) is 0 Å². The second-order valence-electron chi connectivity index (χ2n) is 6.45. The summed E-state index contributed by atoms with van der Waals surface area (Å²) in [5.74, 6) is 1.97. The molecule has 2 aromatic heterocycles. The molecule has 0 unspecified atom stereocenters. The summed E-state index contributed by atoms with van der Waals surface area (Å²) in [5, 5.41) is 1.86. The predicted molar refractivity (Wildman–Crippen MR) is 89.5 cm³/mol. The van der Waals surface area contributed by atoms with E-state index in [1.165, 1.54) is 24.2 Å². The first-order valence-electron chi connectivity index (χ1n) is 8.16. The van der Waals surface area contributed by atoms with E-state index in [9.17, 15) is 9.59 Å². The van der Waals surface area contributed by atoms with Gasteiger partial charge in [-0.05, 0) is 43.0 Å². The smallest absolute Gasteiger partial charge is 0.320 e. The van der Waals surface area contributed by atoms with E-state index >= 15 is 0 Å². The third-order valence-electron chi connectivity index (χ3n) is 5.11. The zero-order valence-corrected chi connectivity index (χ0v) is 13.9. The average Bonchev–Trinajstić information content (AvgIpc) is 3.10. The summed E-state index contributed by atoms with van der Waals surface area (Å²) in [5.41, 5.74) is 0.583. The number of thiophene rings is 1. The zero-order chi connectivity index (χ0) is 16.0. The van der Waals surface area contributed by atoms with Crippen molar-refractivity contribution in [3.63, 3.8) is 0 Å². The summed E-state index contributed by atoms with van der Waals surface area (Å²) >= 11 is 1.39. The van der Waals surface area contributed by atoms with Crippen molar-refractivity contribution in [2.75, 3.05) is 19.6 Å². The maximum absolute atomic E-state index is 12.7. The maximum atomic E-state index is 12.7. The molecular weight excluding hydrogens is 312 g/mol. The normalized spacial score (nSPS) is 22.9. The van der Waals surface area contributed by atoms with Gasteiger partial charge in [-0.2, -0.15) is 0 Å². The monoisotopic (exact) mass is 332 g/mol. The highest BCUT2D eigenvalue weighted by atomic mass is 32.1. The number of hydrogen-bond donors (Lipinski definition) is 1. The number of likely N-dealkylation sites (tertiary alicyclic amines) is 1. The molecule has 6 nitrogen and oxygen atoms in total. The molecule has 1 N–H and O–H groups in total. The second-order valence-corrected chi connectivity index (χ2v) is 7.36. The Hall–Kier alpha value is -1.89. The van der Waals surface area contributed by atoms with Crippen molar-refractivity contribution in [3.8, 4) is 0 Å². The molecular formula is C16H20N4O2S. The number of amides is 2. The minimum absolute atomic E-state index is 0.0648. The molecule has 122 valence electrons. The average molecular weight is 332 g/mol. The molecule has 1 aliphatic heterocycles. The van der Waals surface area contributed by atoms with Gasteiger partial charge >= 0.3 is 6.03 Å². The van der Waals surface area contributed by atoms with Crippen molar-refractivity contribution in [2.24, 2.45) is 11.8 Å². The minimum Gasteiger partial charge on any atom is -0.324 e. The number of aromatic nitrogens is 2. The van der Waals surface area contributed by atoms with Crippen LogP contribution in [0.3, 0.4) is 0 Å². The molecule has 2 amide bonds. The molecule has 2 fully saturated rings. The summed E-state index contributed by atoms with van der Waals surface area (Å²) in [6.45, 7) is 4.68. The van der Waals surface area contributed by atoms with Crippen molar-refractivity contribution >= 4 is 27.6 Å². The highest BCUT2D eigenvalue weighted by Crippen LogP contribution is 2.40. The molecule has 3 heterocycles. The minimum atomic E-state index is -0.122. The largest absolute Gasteiger partial charge is 0.324 e. The Morgan fingerprint density at radius 3 is 2.83 bits per heavy atom. The molecule has 1 saturated carbocycles. The Balaban J connectivity index is 1.52. The molecule has 1 saturated heterocycles. The second kappa shape index (κ2) is 5.63. The fourth-order valence-corrected chi connectivity index (χ4v) is 4.33. The van der Waals surface area contributed by atoms with Crippen LogP contribution in [0.5, 0.6) is 0 Å². The van der Waals surface area contributed by atoms with Crippen LogP contribution < -0.4 is 5.56 Å². The van der Waals surface area contributed by atoms with Gasteiger partial charge in [0.1, 0.15) is 10.5 Å². The lowest BCUT2D eigenvalue weighted by Gasteiger charge is -2.27. The lowest BCUT2D eigenvalue weighted by atomic mass is 9.77. The number of carbonyl (C=O) groups excluding carboxylic acids is 1. The van der Waals surface area contributed by atoms with Crippen molar-refractivity contribution in [1.29, 1.82) is 0 Å². The lowest BCUT2D eigenvalue weighted by molar-refractivity contribution is 0.160. The third kappa shape index (κ3) is 2.52. The van der Waals surface area contributed by atoms with Crippen molar-refractivity contribution in [3.05, 3.63) is 27.6 Å². The number of hydrogen-bond acceptors (Lipinski definition) is 4. The van der Waals surface area contributed by atoms with Crippen LogP contribution in [0, 0.1) is 11.8 Å². The quantitative estimate of drug-likeness (QED) is 0.937. The number of urea groups is 1. The molecule has 1 aliphatic carbocycles. The molecule has 2 atom stereocenters. The van der Waals surface area contributed by atoms with Gasteiger partial charge in [-0.3, -0.25) is 4.79 Å². The lowest BCUT2D eigenvalue weighted by Crippen LogP contribution is -2.42. The Kier molecular flexibility index (Phi) is 3.60. The van der Waals surface area contributed by atoms with Gasteiger partial charge in [-0.1, -0.05) is 0 Å². The first-order valence-corrected chi connectivity index (χ1v) is 9.04. The van der Waals surface area contributed by atoms with Gasteiger partial charge in [0.15, 0.2) is 0 Å². The van der Waals surface area contributed by atoms with Crippen LogP contribution in [-0.4, -0.2) is 45.4 Å². The van der Waals surface area contributed by atoms with E-state index in [2.05, 4.69) is 9.97 Å². The Morgan fingerprint density at radius 1 is 1.43 bits per heavy atom. The molecule has 7 heteroatoms. The number of rotatable bonds is 3. The van der Waals surface area contributed by atoms with Gasteiger partial charge < -0.3 is 14.8 Å². The van der Waals surface area contributed by atoms with Crippen molar-refractivity contribution in [1.82, 2.24) is 19.8 Å². The van der Waals surface area contributed by atoms with Crippen molar-refractivity contribution < 1.29 is 4.79 Å². The van der Waals surface area contributed by atoms with E-state index in [-0.39, 0.29) is 11.6 Å². The zero-order valence-electron chi connectivity index (χ0n) is 13.1. The van der Waals surface area contributed by atoms with Crippen LogP contribution >= 0.6 is 11.3 Å². The van der Waals surface area contributed by atoms with Gasteiger partial charge in [0.05, 0.1) is 12.1 Å². The number of nitrogens with one attached hydrogen (secondary N) is 1. The summed E-state index contributed by atoms with van der Waals surface area (Å²) in [6.07, 6.45) is 2.51. The topological polar surface area (TPSA) is 69.3 Å². The van der Waals surface area contributed by atoms with E-state index in [1.807, 2.05) is 23.3 Å². The molecule has 0 aromatic carbocycles. The fourth-order valence-electron chi connectivity index (χ4n) is 3.61. The predicted octanol–water partition coefficient (Wildman–Crippen LogP) is 2.27. The highest BCUT2D eigenvalue weighted by molar-refractivity contribution is 7.17. The number of H-pyrrole nitrogens is 1. The Labute approximate surface area is 138 Å². The third-order valence-corrected chi connectivity index (χ3v) is 6.01. The standard InChI is InChI=1S/C16H20N4O2S/c1-2-19(16(22)20-7-10-3-4-11(10)8-20)9-13-17-12-5-6-23-14(12)15(21)18-13/h5-6,10-11H,2-4,7-9H2,1H3,(H,17,18,21)/t10-,11+. The highest BCUT2D eigenvalue weighted by Gasteiger charge is 2.41. The fraction of sp³-hybridized carbons (Fsp3) is 0.562. The van der Waals surface area contributed by atoms with Crippen molar-refractivity contribution in [2.45, 2.75) is 26.3 Å². The Bertz CT molecular complexity index is 787.